The molecular weight excluding hydrogens is 294 g/mol. The molecule has 2 aromatic rings. The molecular formula is C17H25N3OS. The van der Waals surface area contributed by atoms with E-state index in [1.807, 2.05) is 6.20 Å². The van der Waals surface area contributed by atoms with Gasteiger partial charge in [-0.05, 0) is 30.7 Å². The summed E-state index contributed by atoms with van der Waals surface area (Å²) in [5, 5.41) is 19.5. The first kappa shape index (κ1) is 16.9. The van der Waals surface area contributed by atoms with Gasteiger partial charge in [0.15, 0.2) is 0 Å². The number of nitrogens with zero attached hydrogens (tertiary/aromatic N) is 1. The first-order chi connectivity index (χ1) is 10.5. The topological polar surface area (TPSA) is 60.9 Å². The Morgan fingerprint density at radius 3 is 2.59 bits per heavy atom. The SMILES string of the molecule is CC(C)(C)c1[nH]ncc1CNc1ccc(SCCCO)cc1. The molecule has 2 rings (SSSR count). The molecule has 5 heteroatoms. The Labute approximate surface area is 136 Å². The van der Waals surface area contributed by atoms with Crippen LogP contribution in [0.2, 0.25) is 0 Å². The highest BCUT2D eigenvalue weighted by Crippen LogP contribution is 2.25. The van der Waals surface area contributed by atoms with Crippen molar-refractivity contribution in [2.75, 3.05) is 17.7 Å². The highest BCUT2D eigenvalue weighted by Gasteiger charge is 2.19. The van der Waals surface area contributed by atoms with Gasteiger partial charge in [0.05, 0.1) is 6.20 Å². The molecule has 0 aliphatic rings. The predicted octanol–water partition coefficient (Wildman–Crippen LogP) is 3.79. The predicted molar refractivity (Wildman–Crippen MR) is 93.5 cm³/mol. The van der Waals surface area contributed by atoms with E-state index in [2.05, 4.69) is 60.6 Å². The van der Waals surface area contributed by atoms with E-state index in [9.17, 15) is 0 Å². The van der Waals surface area contributed by atoms with Crippen molar-refractivity contribution >= 4 is 17.4 Å². The van der Waals surface area contributed by atoms with Gasteiger partial charge in [-0.2, -0.15) is 5.10 Å². The van der Waals surface area contributed by atoms with E-state index < -0.39 is 0 Å². The van der Waals surface area contributed by atoms with Gasteiger partial charge in [0.1, 0.15) is 0 Å². The van der Waals surface area contributed by atoms with Crippen LogP contribution in [0.5, 0.6) is 0 Å². The number of anilines is 1. The maximum absolute atomic E-state index is 8.80. The van der Waals surface area contributed by atoms with Crippen LogP contribution in [-0.4, -0.2) is 27.7 Å². The van der Waals surface area contributed by atoms with Gasteiger partial charge in [0.25, 0.3) is 0 Å². The smallest absolute Gasteiger partial charge is 0.0540 e. The summed E-state index contributed by atoms with van der Waals surface area (Å²) in [6.45, 7) is 7.57. The van der Waals surface area contributed by atoms with Gasteiger partial charge in [-0.25, -0.2) is 0 Å². The molecule has 0 amide bonds. The highest BCUT2D eigenvalue weighted by molar-refractivity contribution is 7.99. The van der Waals surface area contributed by atoms with Crippen LogP contribution in [0.1, 0.15) is 38.4 Å². The van der Waals surface area contributed by atoms with E-state index >= 15 is 0 Å². The van der Waals surface area contributed by atoms with E-state index in [1.54, 1.807) is 11.8 Å². The van der Waals surface area contributed by atoms with Crippen molar-refractivity contribution in [2.24, 2.45) is 0 Å². The number of benzene rings is 1. The van der Waals surface area contributed by atoms with Crippen LogP contribution < -0.4 is 5.32 Å². The lowest BCUT2D eigenvalue weighted by molar-refractivity contribution is 0.296. The van der Waals surface area contributed by atoms with Gasteiger partial charge < -0.3 is 10.4 Å². The number of aliphatic hydroxyl groups is 1. The van der Waals surface area contributed by atoms with Gasteiger partial charge in [-0.3, -0.25) is 5.10 Å². The Hall–Kier alpha value is -1.46. The van der Waals surface area contributed by atoms with Crippen molar-refractivity contribution in [1.29, 1.82) is 0 Å². The lowest BCUT2D eigenvalue weighted by Crippen LogP contribution is -2.15. The highest BCUT2D eigenvalue weighted by atomic mass is 32.2. The number of aliphatic hydroxyl groups excluding tert-OH is 1. The lowest BCUT2D eigenvalue weighted by Gasteiger charge is -2.18. The van der Waals surface area contributed by atoms with Crippen molar-refractivity contribution in [3.63, 3.8) is 0 Å². The summed E-state index contributed by atoms with van der Waals surface area (Å²) in [6.07, 6.45) is 2.73. The Kier molecular flexibility index (Phi) is 5.91. The van der Waals surface area contributed by atoms with Crippen LogP contribution >= 0.6 is 11.8 Å². The molecule has 0 fully saturated rings. The second-order valence-corrected chi connectivity index (χ2v) is 7.49. The third-order valence-corrected chi connectivity index (χ3v) is 4.47. The second kappa shape index (κ2) is 7.70. The number of rotatable bonds is 7. The maximum atomic E-state index is 8.80. The van der Waals surface area contributed by atoms with Crippen LogP contribution in [-0.2, 0) is 12.0 Å². The van der Waals surface area contributed by atoms with Crippen LogP contribution in [0.25, 0.3) is 0 Å². The average Bonchev–Trinajstić information content (AvgIpc) is 2.95. The molecule has 0 saturated carbocycles. The number of thioether (sulfide) groups is 1. The van der Waals surface area contributed by atoms with Crippen LogP contribution in [0.4, 0.5) is 5.69 Å². The fourth-order valence-corrected chi connectivity index (χ4v) is 3.05. The molecule has 0 unspecified atom stereocenters. The molecule has 0 aliphatic carbocycles. The first-order valence-corrected chi connectivity index (χ1v) is 8.59. The Balaban J connectivity index is 1.91. The minimum Gasteiger partial charge on any atom is -0.396 e. The fourth-order valence-electron chi connectivity index (χ4n) is 2.22. The molecule has 0 spiro atoms. The number of nitrogens with one attached hydrogen (secondary N) is 2. The molecule has 22 heavy (non-hydrogen) atoms. The molecule has 4 nitrogen and oxygen atoms in total. The third-order valence-electron chi connectivity index (χ3n) is 3.38. The molecule has 1 heterocycles. The molecule has 0 atom stereocenters. The zero-order valence-corrected chi connectivity index (χ0v) is 14.3. The van der Waals surface area contributed by atoms with E-state index in [1.165, 1.54) is 16.2 Å². The number of hydrogen-bond donors (Lipinski definition) is 3. The van der Waals surface area contributed by atoms with E-state index in [0.717, 1.165) is 24.4 Å². The molecule has 0 radical (unpaired) electrons. The summed E-state index contributed by atoms with van der Waals surface area (Å²) in [5.74, 6) is 0.952. The standard InChI is InChI=1S/C17H25N3OS/c1-17(2,3)16-13(12-19-20-16)11-18-14-5-7-15(8-6-14)22-10-4-9-21/h5-8,12,18,21H,4,9-11H2,1-3H3,(H,19,20). The first-order valence-electron chi connectivity index (χ1n) is 7.61. The molecule has 120 valence electrons. The number of aromatic amines is 1. The Morgan fingerprint density at radius 1 is 1.23 bits per heavy atom. The summed E-state index contributed by atoms with van der Waals surface area (Å²) < 4.78 is 0. The zero-order valence-electron chi connectivity index (χ0n) is 13.5. The molecule has 1 aromatic carbocycles. The van der Waals surface area contributed by atoms with Crippen LogP contribution in [0.3, 0.4) is 0 Å². The van der Waals surface area contributed by atoms with Crippen LogP contribution in [0, 0.1) is 0 Å². The van der Waals surface area contributed by atoms with Gasteiger partial charge in [0, 0.05) is 46.2 Å². The largest absolute Gasteiger partial charge is 0.396 e. The third kappa shape index (κ3) is 4.78. The molecule has 0 saturated heterocycles. The summed E-state index contributed by atoms with van der Waals surface area (Å²) >= 11 is 1.77. The Morgan fingerprint density at radius 2 is 1.95 bits per heavy atom. The van der Waals surface area contributed by atoms with Crippen molar-refractivity contribution in [3.05, 3.63) is 41.7 Å². The average molecular weight is 319 g/mol. The van der Waals surface area contributed by atoms with Crippen molar-refractivity contribution in [1.82, 2.24) is 10.2 Å². The van der Waals surface area contributed by atoms with Crippen molar-refractivity contribution in [3.8, 4) is 0 Å². The summed E-state index contributed by atoms with van der Waals surface area (Å²) in [5.41, 5.74) is 3.55. The molecule has 1 aromatic heterocycles. The second-order valence-electron chi connectivity index (χ2n) is 6.32. The Bertz CT molecular complexity index is 572. The van der Waals surface area contributed by atoms with E-state index in [4.69, 9.17) is 5.11 Å². The normalized spacial score (nSPS) is 11.6. The van der Waals surface area contributed by atoms with Crippen molar-refractivity contribution in [2.45, 2.75) is 44.0 Å². The summed E-state index contributed by atoms with van der Waals surface area (Å²) in [4.78, 5) is 1.23. The van der Waals surface area contributed by atoms with Crippen molar-refractivity contribution < 1.29 is 5.11 Å². The molecule has 0 aliphatic heterocycles. The minimum absolute atomic E-state index is 0.0702. The number of H-pyrrole nitrogens is 1. The lowest BCUT2D eigenvalue weighted by atomic mass is 9.89. The zero-order chi connectivity index (χ0) is 16.0. The van der Waals surface area contributed by atoms with Gasteiger partial charge >= 0.3 is 0 Å². The molecule has 0 bridgehead atoms. The van der Waals surface area contributed by atoms with E-state index in [0.29, 0.717) is 0 Å². The molecule has 3 N–H and O–H groups in total. The summed E-state index contributed by atoms with van der Waals surface area (Å²) in [7, 11) is 0. The van der Waals surface area contributed by atoms with Gasteiger partial charge in [-0.15, -0.1) is 11.8 Å². The van der Waals surface area contributed by atoms with Gasteiger partial charge in [-0.1, -0.05) is 20.8 Å². The van der Waals surface area contributed by atoms with Gasteiger partial charge in [0.2, 0.25) is 0 Å². The van der Waals surface area contributed by atoms with E-state index in [-0.39, 0.29) is 12.0 Å². The number of aromatic nitrogens is 2. The minimum atomic E-state index is 0.0702. The quantitative estimate of drug-likeness (QED) is 0.537. The monoisotopic (exact) mass is 319 g/mol. The number of hydrogen-bond acceptors (Lipinski definition) is 4. The van der Waals surface area contributed by atoms with Crippen LogP contribution in [0.15, 0.2) is 35.4 Å². The summed E-state index contributed by atoms with van der Waals surface area (Å²) in [6, 6.07) is 8.42. The maximum Gasteiger partial charge on any atom is 0.0540 e. The fraction of sp³-hybridized carbons (Fsp3) is 0.471.